The molecular weight excluding hydrogens is 278 g/mol. The molecule has 1 amide bonds. The summed E-state index contributed by atoms with van der Waals surface area (Å²) in [7, 11) is 0. The SMILES string of the molecule is CC(C)(CCC(=O)N1CCCC[C@@H]1C(=O)O)c1ccccc1. The Morgan fingerprint density at radius 2 is 1.91 bits per heavy atom. The lowest BCUT2D eigenvalue weighted by atomic mass is 9.80. The first kappa shape index (κ1) is 16.5. The smallest absolute Gasteiger partial charge is 0.326 e. The number of benzene rings is 1. The minimum Gasteiger partial charge on any atom is -0.480 e. The van der Waals surface area contributed by atoms with E-state index < -0.39 is 12.0 Å². The molecule has 1 aromatic carbocycles. The third-order valence-corrected chi connectivity index (χ3v) is 4.63. The van der Waals surface area contributed by atoms with Crippen LogP contribution in [0.1, 0.15) is 51.5 Å². The number of aliphatic carboxylic acids is 1. The molecule has 1 aliphatic heterocycles. The Morgan fingerprint density at radius 3 is 2.55 bits per heavy atom. The van der Waals surface area contributed by atoms with Crippen molar-refractivity contribution in [2.45, 2.75) is 57.4 Å². The summed E-state index contributed by atoms with van der Waals surface area (Å²) in [5.41, 5.74) is 1.11. The van der Waals surface area contributed by atoms with Crippen molar-refractivity contribution in [3.05, 3.63) is 35.9 Å². The molecule has 120 valence electrons. The molecule has 4 heteroatoms. The van der Waals surface area contributed by atoms with Crippen molar-refractivity contribution in [2.75, 3.05) is 6.54 Å². The van der Waals surface area contributed by atoms with Crippen LogP contribution >= 0.6 is 0 Å². The molecule has 0 bridgehead atoms. The van der Waals surface area contributed by atoms with Crippen LogP contribution in [-0.4, -0.2) is 34.5 Å². The van der Waals surface area contributed by atoms with E-state index in [-0.39, 0.29) is 11.3 Å². The lowest BCUT2D eigenvalue weighted by molar-refractivity contribution is -0.152. The normalized spacial score (nSPS) is 19.0. The summed E-state index contributed by atoms with van der Waals surface area (Å²) in [4.78, 5) is 25.3. The molecule has 0 spiro atoms. The standard InChI is InChI=1S/C18H25NO3/c1-18(2,14-8-4-3-5-9-14)12-11-16(20)19-13-7-6-10-15(19)17(21)22/h3-5,8-9,15H,6-7,10-13H2,1-2H3,(H,21,22)/t15-/m1/s1. The number of carbonyl (C=O) groups excluding carboxylic acids is 1. The van der Waals surface area contributed by atoms with Crippen molar-refractivity contribution in [3.63, 3.8) is 0 Å². The van der Waals surface area contributed by atoms with Gasteiger partial charge in [-0.3, -0.25) is 4.79 Å². The van der Waals surface area contributed by atoms with Crippen molar-refractivity contribution in [3.8, 4) is 0 Å². The lowest BCUT2D eigenvalue weighted by Gasteiger charge is -2.34. The maximum absolute atomic E-state index is 12.5. The van der Waals surface area contributed by atoms with Gasteiger partial charge in [-0.15, -0.1) is 0 Å². The number of nitrogens with zero attached hydrogens (tertiary/aromatic N) is 1. The third-order valence-electron chi connectivity index (χ3n) is 4.63. The van der Waals surface area contributed by atoms with Gasteiger partial charge in [0, 0.05) is 13.0 Å². The van der Waals surface area contributed by atoms with E-state index in [0.717, 1.165) is 19.3 Å². The molecular formula is C18H25NO3. The summed E-state index contributed by atoms with van der Waals surface area (Å²) < 4.78 is 0. The van der Waals surface area contributed by atoms with E-state index in [4.69, 9.17) is 0 Å². The summed E-state index contributed by atoms with van der Waals surface area (Å²) >= 11 is 0. The first-order valence-corrected chi connectivity index (χ1v) is 7.99. The van der Waals surface area contributed by atoms with Crippen LogP contribution in [0, 0.1) is 0 Å². The predicted molar refractivity (Wildman–Crippen MR) is 85.7 cm³/mol. The van der Waals surface area contributed by atoms with Gasteiger partial charge in [-0.25, -0.2) is 4.79 Å². The third kappa shape index (κ3) is 3.87. The molecule has 1 fully saturated rings. The average Bonchev–Trinajstić information content (AvgIpc) is 2.53. The minimum absolute atomic E-state index is 0.0314. The van der Waals surface area contributed by atoms with E-state index in [0.29, 0.717) is 19.4 Å². The maximum Gasteiger partial charge on any atom is 0.326 e. The highest BCUT2D eigenvalue weighted by atomic mass is 16.4. The molecule has 0 saturated carbocycles. The van der Waals surface area contributed by atoms with Gasteiger partial charge >= 0.3 is 5.97 Å². The first-order valence-electron chi connectivity index (χ1n) is 7.99. The van der Waals surface area contributed by atoms with E-state index in [1.807, 2.05) is 18.2 Å². The zero-order chi connectivity index (χ0) is 16.2. The highest BCUT2D eigenvalue weighted by Gasteiger charge is 2.32. The molecule has 0 aliphatic carbocycles. The van der Waals surface area contributed by atoms with E-state index in [1.54, 1.807) is 4.90 Å². The molecule has 1 saturated heterocycles. The quantitative estimate of drug-likeness (QED) is 0.908. The molecule has 1 N–H and O–H groups in total. The molecule has 4 nitrogen and oxygen atoms in total. The van der Waals surface area contributed by atoms with E-state index in [2.05, 4.69) is 26.0 Å². The van der Waals surface area contributed by atoms with Crippen LogP contribution in [0.3, 0.4) is 0 Å². The first-order chi connectivity index (χ1) is 10.4. The van der Waals surface area contributed by atoms with Gasteiger partial charge in [0.1, 0.15) is 6.04 Å². The molecule has 0 unspecified atom stereocenters. The molecule has 2 rings (SSSR count). The number of likely N-dealkylation sites (tertiary alicyclic amines) is 1. The van der Waals surface area contributed by atoms with E-state index in [9.17, 15) is 14.7 Å². The number of carbonyl (C=O) groups is 2. The van der Waals surface area contributed by atoms with Crippen LogP contribution in [0.4, 0.5) is 0 Å². The van der Waals surface area contributed by atoms with E-state index in [1.165, 1.54) is 5.56 Å². The Hall–Kier alpha value is -1.84. The second kappa shape index (κ2) is 6.95. The second-order valence-corrected chi connectivity index (χ2v) is 6.69. The number of hydrogen-bond donors (Lipinski definition) is 1. The number of rotatable bonds is 5. The van der Waals surface area contributed by atoms with Gasteiger partial charge in [-0.1, -0.05) is 44.2 Å². The highest BCUT2D eigenvalue weighted by molar-refractivity contribution is 5.83. The zero-order valence-corrected chi connectivity index (χ0v) is 13.4. The van der Waals surface area contributed by atoms with E-state index >= 15 is 0 Å². The Balaban J connectivity index is 1.98. The number of piperidine rings is 1. The van der Waals surface area contributed by atoms with Crippen LogP contribution < -0.4 is 0 Å². The molecule has 1 aromatic rings. The fraction of sp³-hybridized carbons (Fsp3) is 0.556. The van der Waals surface area contributed by atoms with Crippen molar-refractivity contribution in [1.29, 1.82) is 0 Å². The van der Waals surface area contributed by atoms with Gasteiger partial charge in [0.15, 0.2) is 0 Å². The highest BCUT2D eigenvalue weighted by Crippen LogP contribution is 2.29. The Bertz CT molecular complexity index is 524. The van der Waals surface area contributed by atoms with Crippen LogP contribution in [0.15, 0.2) is 30.3 Å². The summed E-state index contributed by atoms with van der Waals surface area (Å²) in [6.45, 7) is 4.82. The van der Waals surface area contributed by atoms with Gasteiger partial charge < -0.3 is 10.0 Å². The molecule has 1 aliphatic rings. The van der Waals surface area contributed by atoms with Crippen molar-refractivity contribution < 1.29 is 14.7 Å². The molecule has 0 aromatic heterocycles. The summed E-state index contributed by atoms with van der Waals surface area (Å²) in [6.07, 6.45) is 3.47. The number of amides is 1. The summed E-state index contributed by atoms with van der Waals surface area (Å²) in [6, 6.07) is 9.50. The van der Waals surface area contributed by atoms with Crippen LogP contribution in [0.2, 0.25) is 0 Å². The van der Waals surface area contributed by atoms with Gasteiger partial charge in [-0.05, 0) is 36.7 Å². The summed E-state index contributed by atoms with van der Waals surface area (Å²) in [5.74, 6) is -0.911. The Labute approximate surface area is 132 Å². The van der Waals surface area contributed by atoms with Crippen molar-refractivity contribution in [1.82, 2.24) is 4.90 Å². The van der Waals surface area contributed by atoms with Crippen molar-refractivity contribution in [2.24, 2.45) is 0 Å². The number of hydrogen-bond acceptors (Lipinski definition) is 2. The largest absolute Gasteiger partial charge is 0.480 e. The zero-order valence-electron chi connectivity index (χ0n) is 13.4. The number of carboxylic acid groups (broad SMARTS) is 1. The average molecular weight is 303 g/mol. The number of carboxylic acids is 1. The van der Waals surface area contributed by atoms with Gasteiger partial charge in [0.05, 0.1) is 0 Å². The topological polar surface area (TPSA) is 57.6 Å². The molecule has 1 heterocycles. The second-order valence-electron chi connectivity index (χ2n) is 6.69. The minimum atomic E-state index is -0.879. The molecule has 22 heavy (non-hydrogen) atoms. The van der Waals surface area contributed by atoms with Crippen LogP contribution in [0.25, 0.3) is 0 Å². The van der Waals surface area contributed by atoms with Gasteiger partial charge in [0.25, 0.3) is 0 Å². The van der Waals surface area contributed by atoms with Gasteiger partial charge in [0.2, 0.25) is 5.91 Å². The maximum atomic E-state index is 12.5. The molecule has 1 atom stereocenters. The van der Waals surface area contributed by atoms with Crippen LogP contribution in [0.5, 0.6) is 0 Å². The fourth-order valence-electron chi connectivity index (χ4n) is 3.08. The fourth-order valence-corrected chi connectivity index (χ4v) is 3.08. The van der Waals surface area contributed by atoms with Crippen molar-refractivity contribution >= 4 is 11.9 Å². The summed E-state index contributed by atoms with van der Waals surface area (Å²) in [5, 5.41) is 9.27. The molecule has 0 radical (unpaired) electrons. The lowest BCUT2D eigenvalue weighted by Crippen LogP contribution is -2.48. The predicted octanol–water partition coefficient (Wildman–Crippen LogP) is 3.21. The Morgan fingerprint density at radius 1 is 1.23 bits per heavy atom. The van der Waals surface area contributed by atoms with Gasteiger partial charge in [-0.2, -0.15) is 0 Å². The Kier molecular flexibility index (Phi) is 5.22. The monoisotopic (exact) mass is 303 g/mol. The van der Waals surface area contributed by atoms with Crippen LogP contribution in [-0.2, 0) is 15.0 Å².